The van der Waals surface area contributed by atoms with Crippen LogP contribution in [0.5, 0.6) is 0 Å². The van der Waals surface area contributed by atoms with Crippen LogP contribution in [0, 0.1) is 5.92 Å². The van der Waals surface area contributed by atoms with Crippen molar-refractivity contribution in [3.05, 3.63) is 0 Å². The zero-order valence-electron chi connectivity index (χ0n) is 18.8. The van der Waals surface area contributed by atoms with Gasteiger partial charge in [-0.25, -0.2) is 4.79 Å². The molecule has 4 rings (SSSR count). The van der Waals surface area contributed by atoms with Crippen molar-refractivity contribution in [2.24, 2.45) is 5.92 Å². The lowest BCUT2D eigenvalue weighted by Gasteiger charge is -2.46. The molecule has 0 aromatic heterocycles. The largest absolute Gasteiger partial charge is 0.444 e. The summed E-state index contributed by atoms with van der Waals surface area (Å²) in [5, 5.41) is 0. The summed E-state index contributed by atoms with van der Waals surface area (Å²) in [4.78, 5) is 31.9. The number of amides is 2. The van der Waals surface area contributed by atoms with Crippen molar-refractivity contribution >= 4 is 12.0 Å². The predicted octanol–water partition coefficient (Wildman–Crippen LogP) is 3.64. The number of ether oxygens (including phenoxy) is 1. The molecule has 6 nitrogen and oxygen atoms in total. The molecule has 0 aromatic rings. The molecule has 0 N–H and O–H groups in total. The second-order valence-electron chi connectivity index (χ2n) is 11.0. The van der Waals surface area contributed by atoms with Crippen LogP contribution >= 0.6 is 0 Å². The first kappa shape index (κ1) is 21.0. The van der Waals surface area contributed by atoms with Crippen molar-refractivity contribution in [3.8, 4) is 0 Å². The molecule has 1 aliphatic carbocycles. The van der Waals surface area contributed by atoms with Gasteiger partial charge in [0.1, 0.15) is 5.60 Å². The monoisotopic (exact) mass is 405 g/mol. The molecule has 0 aromatic carbocycles. The molecule has 0 radical (unpaired) electrons. The third-order valence-corrected chi connectivity index (χ3v) is 7.68. The number of carbonyl (C=O) groups is 2. The van der Waals surface area contributed by atoms with E-state index in [4.69, 9.17) is 4.74 Å². The summed E-state index contributed by atoms with van der Waals surface area (Å²) in [5.74, 6) is 1.02. The highest BCUT2D eigenvalue weighted by molar-refractivity contribution is 5.79. The highest BCUT2D eigenvalue weighted by Crippen LogP contribution is 2.40. The van der Waals surface area contributed by atoms with E-state index in [9.17, 15) is 9.59 Å². The molecule has 3 heterocycles. The van der Waals surface area contributed by atoms with Gasteiger partial charge in [-0.15, -0.1) is 0 Å². The zero-order chi connectivity index (χ0) is 20.8. The number of nitrogens with zero attached hydrogens (tertiary/aromatic N) is 3. The summed E-state index contributed by atoms with van der Waals surface area (Å²) >= 11 is 0. The first-order valence-corrected chi connectivity index (χ1v) is 11.7. The molecule has 0 bridgehead atoms. The third kappa shape index (κ3) is 4.28. The fourth-order valence-electron chi connectivity index (χ4n) is 6.15. The van der Waals surface area contributed by atoms with E-state index < -0.39 is 5.60 Å². The molecule has 4 fully saturated rings. The van der Waals surface area contributed by atoms with Crippen LogP contribution in [0.3, 0.4) is 0 Å². The van der Waals surface area contributed by atoms with Gasteiger partial charge in [-0.05, 0) is 65.7 Å². The highest BCUT2D eigenvalue weighted by Gasteiger charge is 2.47. The molecule has 3 saturated heterocycles. The molecular weight excluding hydrogens is 366 g/mol. The lowest BCUT2D eigenvalue weighted by molar-refractivity contribution is -0.132. The molecule has 0 spiro atoms. The lowest BCUT2D eigenvalue weighted by atomic mass is 9.84. The van der Waals surface area contributed by atoms with E-state index in [1.54, 1.807) is 0 Å². The maximum Gasteiger partial charge on any atom is 0.410 e. The van der Waals surface area contributed by atoms with Crippen LogP contribution in [0.15, 0.2) is 0 Å². The SMILES string of the molecule is CC(C)(C)OC(=O)N1CCC(C)(N2CCC(N3C(=O)C[C@H]4CCCC[C@@H]43)CC2)C1. The van der Waals surface area contributed by atoms with Gasteiger partial charge in [0.15, 0.2) is 0 Å². The summed E-state index contributed by atoms with van der Waals surface area (Å²) in [7, 11) is 0. The molecule has 1 unspecified atom stereocenters. The molecular formula is C23H39N3O3. The summed E-state index contributed by atoms with van der Waals surface area (Å²) < 4.78 is 5.57. The van der Waals surface area contributed by atoms with E-state index in [1.807, 2.05) is 25.7 Å². The second kappa shape index (κ2) is 7.75. The first-order valence-electron chi connectivity index (χ1n) is 11.7. The Kier molecular flexibility index (Phi) is 5.60. The molecule has 164 valence electrons. The Morgan fingerprint density at radius 3 is 2.45 bits per heavy atom. The first-order chi connectivity index (χ1) is 13.7. The van der Waals surface area contributed by atoms with Crippen LogP contribution < -0.4 is 0 Å². The summed E-state index contributed by atoms with van der Waals surface area (Å²) in [6.45, 7) is 11.6. The Balaban J connectivity index is 1.33. The van der Waals surface area contributed by atoms with Crippen LogP contribution in [0.25, 0.3) is 0 Å². The van der Waals surface area contributed by atoms with Crippen LogP contribution in [0.2, 0.25) is 0 Å². The second-order valence-corrected chi connectivity index (χ2v) is 11.0. The minimum atomic E-state index is -0.451. The van der Waals surface area contributed by atoms with E-state index in [2.05, 4.69) is 16.7 Å². The van der Waals surface area contributed by atoms with Crippen LogP contribution in [-0.4, -0.2) is 76.1 Å². The molecule has 2 amide bonds. The van der Waals surface area contributed by atoms with Crippen molar-refractivity contribution in [2.75, 3.05) is 26.2 Å². The summed E-state index contributed by atoms with van der Waals surface area (Å²) in [6, 6.07) is 0.927. The Bertz CT molecular complexity index is 638. The quantitative estimate of drug-likeness (QED) is 0.704. The fourth-order valence-corrected chi connectivity index (χ4v) is 6.15. The maximum absolute atomic E-state index is 12.7. The smallest absolute Gasteiger partial charge is 0.410 e. The Hall–Kier alpha value is -1.30. The number of piperidine rings is 1. The number of rotatable bonds is 2. The Morgan fingerprint density at radius 1 is 1.07 bits per heavy atom. The molecule has 1 saturated carbocycles. The van der Waals surface area contributed by atoms with Gasteiger partial charge in [0, 0.05) is 50.2 Å². The molecule has 3 atom stereocenters. The van der Waals surface area contributed by atoms with E-state index in [0.29, 0.717) is 23.9 Å². The predicted molar refractivity (Wildman–Crippen MR) is 113 cm³/mol. The number of carbonyl (C=O) groups excluding carboxylic acids is 2. The van der Waals surface area contributed by atoms with Gasteiger partial charge in [0.05, 0.1) is 0 Å². The Morgan fingerprint density at radius 2 is 1.76 bits per heavy atom. The Labute approximate surface area is 175 Å². The third-order valence-electron chi connectivity index (χ3n) is 7.68. The van der Waals surface area contributed by atoms with E-state index >= 15 is 0 Å². The fraction of sp³-hybridized carbons (Fsp3) is 0.913. The topological polar surface area (TPSA) is 53.1 Å². The van der Waals surface area contributed by atoms with Crippen molar-refractivity contribution in [1.82, 2.24) is 14.7 Å². The summed E-state index contributed by atoms with van der Waals surface area (Å²) in [5.41, 5.74) is -0.433. The van der Waals surface area contributed by atoms with Crippen LogP contribution in [0.1, 0.15) is 79.1 Å². The molecule has 6 heteroatoms. The van der Waals surface area contributed by atoms with Crippen molar-refractivity contribution in [2.45, 2.75) is 102 Å². The van der Waals surface area contributed by atoms with Crippen LogP contribution in [-0.2, 0) is 9.53 Å². The lowest BCUT2D eigenvalue weighted by Crippen LogP contribution is -2.56. The van der Waals surface area contributed by atoms with Gasteiger partial charge < -0.3 is 14.5 Å². The standard InChI is InChI=1S/C23H39N3O3/c1-22(2,3)29-21(28)24-14-11-23(4,16-24)25-12-9-18(10-13-25)26-19-8-6-5-7-17(19)15-20(26)27/h17-19H,5-16H2,1-4H3/t17-,19+,23?/m1/s1. The van der Waals surface area contributed by atoms with E-state index in [0.717, 1.165) is 51.9 Å². The van der Waals surface area contributed by atoms with Gasteiger partial charge in [-0.3, -0.25) is 9.69 Å². The normalized spacial score (nSPS) is 34.6. The van der Waals surface area contributed by atoms with Crippen LogP contribution in [0.4, 0.5) is 4.79 Å². The van der Waals surface area contributed by atoms with Gasteiger partial charge in [0.25, 0.3) is 0 Å². The zero-order valence-corrected chi connectivity index (χ0v) is 18.8. The van der Waals surface area contributed by atoms with Gasteiger partial charge in [-0.1, -0.05) is 12.8 Å². The number of hydrogen-bond acceptors (Lipinski definition) is 4. The van der Waals surface area contributed by atoms with E-state index in [1.165, 1.54) is 25.7 Å². The van der Waals surface area contributed by atoms with Gasteiger partial charge in [-0.2, -0.15) is 0 Å². The molecule has 4 aliphatic rings. The van der Waals surface area contributed by atoms with Crippen molar-refractivity contribution in [3.63, 3.8) is 0 Å². The minimum absolute atomic E-state index is 0.0181. The average Bonchev–Trinajstić information content (AvgIpc) is 3.21. The maximum atomic E-state index is 12.7. The number of hydrogen-bond donors (Lipinski definition) is 0. The van der Waals surface area contributed by atoms with Crippen molar-refractivity contribution < 1.29 is 14.3 Å². The average molecular weight is 406 g/mol. The molecule has 29 heavy (non-hydrogen) atoms. The number of fused-ring (bicyclic) bond motifs is 1. The van der Waals surface area contributed by atoms with Gasteiger partial charge in [0.2, 0.25) is 5.91 Å². The van der Waals surface area contributed by atoms with Gasteiger partial charge >= 0.3 is 6.09 Å². The van der Waals surface area contributed by atoms with Crippen molar-refractivity contribution in [1.29, 1.82) is 0 Å². The summed E-state index contributed by atoms with van der Waals surface area (Å²) in [6.07, 6.45) is 8.74. The minimum Gasteiger partial charge on any atom is -0.444 e. The highest BCUT2D eigenvalue weighted by atomic mass is 16.6. The number of likely N-dealkylation sites (tertiary alicyclic amines) is 3. The molecule has 3 aliphatic heterocycles. The van der Waals surface area contributed by atoms with E-state index in [-0.39, 0.29) is 11.6 Å².